The Morgan fingerprint density at radius 3 is 3.00 bits per heavy atom. The summed E-state index contributed by atoms with van der Waals surface area (Å²) in [5, 5.41) is 12.1. The second kappa shape index (κ2) is 4.53. The Morgan fingerprint density at radius 1 is 1.33 bits per heavy atom. The maximum absolute atomic E-state index is 10.5. The standard InChI is InChI=1S/C10H16N2O3/c13-10(14)15-12-8-4-2-6-9-5-1-3-7-11(9)12/h5H,1-4,6-8H2,(H,13,14). The highest BCUT2D eigenvalue weighted by atomic mass is 16.8. The molecule has 0 spiro atoms. The average Bonchev–Trinajstić information content (AvgIpc) is 2.41. The van der Waals surface area contributed by atoms with Crippen LogP contribution < -0.4 is 0 Å². The van der Waals surface area contributed by atoms with Crippen molar-refractivity contribution >= 4 is 6.16 Å². The van der Waals surface area contributed by atoms with Crippen molar-refractivity contribution in [3.05, 3.63) is 11.8 Å². The van der Waals surface area contributed by atoms with Crippen LogP contribution in [-0.2, 0) is 4.84 Å². The molecule has 2 heterocycles. The first-order valence-corrected chi connectivity index (χ1v) is 5.42. The number of carboxylic acid groups (broad SMARTS) is 1. The van der Waals surface area contributed by atoms with E-state index < -0.39 is 6.16 Å². The fourth-order valence-electron chi connectivity index (χ4n) is 2.10. The molecule has 5 heteroatoms. The van der Waals surface area contributed by atoms with Crippen LogP contribution in [0.2, 0.25) is 0 Å². The SMILES string of the molecule is O=C(O)ON1CCCCC2=CCCCN21. The predicted octanol–water partition coefficient (Wildman–Crippen LogP) is 1.98. The lowest BCUT2D eigenvalue weighted by Crippen LogP contribution is -2.44. The molecule has 0 saturated carbocycles. The molecule has 5 nitrogen and oxygen atoms in total. The summed E-state index contributed by atoms with van der Waals surface area (Å²) < 4.78 is 0. The molecule has 0 amide bonds. The van der Waals surface area contributed by atoms with Crippen molar-refractivity contribution in [1.82, 2.24) is 10.2 Å². The van der Waals surface area contributed by atoms with E-state index in [1.54, 1.807) is 0 Å². The third-order valence-electron chi connectivity index (χ3n) is 2.77. The highest BCUT2D eigenvalue weighted by molar-refractivity contribution is 5.56. The summed E-state index contributed by atoms with van der Waals surface area (Å²) in [6, 6.07) is 0. The molecule has 0 unspecified atom stereocenters. The summed E-state index contributed by atoms with van der Waals surface area (Å²) >= 11 is 0. The second-order valence-electron chi connectivity index (χ2n) is 3.85. The highest BCUT2D eigenvalue weighted by Crippen LogP contribution is 2.25. The Labute approximate surface area is 88.8 Å². The van der Waals surface area contributed by atoms with Crippen LogP contribution in [0.25, 0.3) is 0 Å². The van der Waals surface area contributed by atoms with Gasteiger partial charge in [0.25, 0.3) is 0 Å². The third kappa shape index (κ3) is 2.41. The third-order valence-corrected chi connectivity index (χ3v) is 2.77. The van der Waals surface area contributed by atoms with Crippen LogP contribution in [0, 0.1) is 0 Å². The molecule has 15 heavy (non-hydrogen) atoms. The number of hydrogen-bond donors (Lipinski definition) is 1. The Bertz CT molecular complexity index is 278. The number of hydroxylamine groups is 1. The molecule has 0 atom stereocenters. The van der Waals surface area contributed by atoms with E-state index in [0.717, 1.165) is 38.6 Å². The molecule has 0 aliphatic carbocycles. The van der Waals surface area contributed by atoms with Gasteiger partial charge in [0.05, 0.1) is 6.54 Å². The zero-order valence-corrected chi connectivity index (χ0v) is 8.69. The highest BCUT2D eigenvalue weighted by Gasteiger charge is 2.25. The van der Waals surface area contributed by atoms with Crippen molar-refractivity contribution in [3.8, 4) is 0 Å². The Kier molecular flexibility index (Phi) is 3.11. The van der Waals surface area contributed by atoms with Crippen molar-refractivity contribution in [2.45, 2.75) is 32.1 Å². The van der Waals surface area contributed by atoms with E-state index >= 15 is 0 Å². The summed E-state index contributed by atoms with van der Waals surface area (Å²) in [6.45, 7) is 1.52. The number of carbonyl (C=O) groups is 1. The maximum Gasteiger partial charge on any atom is 0.526 e. The molecule has 1 N–H and O–H groups in total. The van der Waals surface area contributed by atoms with Gasteiger partial charge >= 0.3 is 6.16 Å². The second-order valence-corrected chi connectivity index (χ2v) is 3.85. The largest absolute Gasteiger partial charge is 0.526 e. The Morgan fingerprint density at radius 2 is 2.20 bits per heavy atom. The smallest absolute Gasteiger partial charge is 0.448 e. The Hall–Kier alpha value is -1.23. The summed E-state index contributed by atoms with van der Waals surface area (Å²) in [5.74, 6) is 0. The average molecular weight is 212 g/mol. The molecule has 0 aromatic rings. The summed E-state index contributed by atoms with van der Waals surface area (Å²) in [6.07, 6.45) is 6.20. The topological polar surface area (TPSA) is 53.0 Å². The van der Waals surface area contributed by atoms with E-state index in [9.17, 15) is 4.79 Å². The van der Waals surface area contributed by atoms with Crippen molar-refractivity contribution in [2.75, 3.05) is 13.1 Å². The molecule has 2 aliphatic rings. The van der Waals surface area contributed by atoms with Gasteiger partial charge in [0.15, 0.2) is 0 Å². The molecule has 2 aliphatic heterocycles. The number of hydrazine groups is 1. The molecule has 0 radical (unpaired) electrons. The lowest BCUT2D eigenvalue weighted by atomic mass is 10.1. The zero-order chi connectivity index (χ0) is 10.7. The first kappa shape index (κ1) is 10.3. The van der Waals surface area contributed by atoms with Crippen LogP contribution in [0.3, 0.4) is 0 Å². The summed E-state index contributed by atoms with van der Waals surface area (Å²) in [5.41, 5.74) is 1.21. The van der Waals surface area contributed by atoms with Gasteiger partial charge in [-0.3, -0.25) is 5.01 Å². The van der Waals surface area contributed by atoms with E-state index in [1.165, 1.54) is 10.9 Å². The van der Waals surface area contributed by atoms with Gasteiger partial charge < -0.3 is 9.94 Å². The van der Waals surface area contributed by atoms with Crippen molar-refractivity contribution < 1.29 is 14.7 Å². The minimum absolute atomic E-state index is 0.656. The maximum atomic E-state index is 10.5. The fraction of sp³-hybridized carbons (Fsp3) is 0.700. The molecule has 0 aromatic carbocycles. The van der Waals surface area contributed by atoms with Crippen LogP contribution in [0.5, 0.6) is 0 Å². The van der Waals surface area contributed by atoms with Crippen LogP contribution in [0.4, 0.5) is 4.79 Å². The van der Waals surface area contributed by atoms with Gasteiger partial charge in [-0.1, -0.05) is 6.08 Å². The first-order chi connectivity index (χ1) is 7.27. The quantitative estimate of drug-likeness (QED) is 0.720. The predicted molar refractivity (Wildman–Crippen MR) is 53.7 cm³/mol. The van der Waals surface area contributed by atoms with Gasteiger partial charge in [-0.2, -0.15) is 0 Å². The van der Waals surface area contributed by atoms with Gasteiger partial charge in [-0.15, -0.1) is 0 Å². The van der Waals surface area contributed by atoms with E-state index in [2.05, 4.69) is 6.08 Å². The van der Waals surface area contributed by atoms with E-state index in [-0.39, 0.29) is 0 Å². The van der Waals surface area contributed by atoms with E-state index in [4.69, 9.17) is 9.94 Å². The van der Waals surface area contributed by atoms with E-state index in [0.29, 0.717) is 6.54 Å². The number of nitrogens with zero attached hydrogens (tertiary/aromatic N) is 2. The molecule has 1 saturated heterocycles. The molecule has 84 valence electrons. The summed E-state index contributed by atoms with van der Waals surface area (Å²) in [7, 11) is 0. The molecular formula is C10H16N2O3. The van der Waals surface area contributed by atoms with Crippen molar-refractivity contribution in [2.24, 2.45) is 0 Å². The number of fused-ring (bicyclic) bond motifs is 1. The lowest BCUT2D eigenvalue weighted by Gasteiger charge is -2.35. The Balaban J connectivity index is 2.10. The molecule has 0 aromatic heterocycles. The van der Waals surface area contributed by atoms with Crippen molar-refractivity contribution in [3.63, 3.8) is 0 Å². The minimum Gasteiger partial charge on any atom is -0.448 e. The minimum atomic E-state index is -1.23. The fourth-order valence-corrected chi connectivity index (χ4v) is 2.10. The lowest BCUT2D eigenvalue weighted by molar-refractivity contribution is -0.236. The van der Waals surface area contributed by atoms with Crippen LogP contribution in [0.1, 0.15) is 32.1 Å². The molecule has 1 fully saturated rings. The molecule has 2 rings (SSSR count). The van der Waals surface area contributed by atoms with Gasteiger partial charge in [-0.25, -0.2) is 4.79 Å². The number of allylic oxidation sites excluding steroid dienone is 2. The van der Waals surface area contributed by atoms with Crippen LogP contribution in [-0.4, -0.2) is 34.5 Å². The first-order valence-electron chi connectivity index (χ1n) is 5.42. The van der Waals surface area contributed by atoms with Crippen molar-refractivity contribution in [1.29, 1.82) is 0 Å². The van der Waals surface area contributed by atoms with Crippen LogP contribution in [0.15, 0.2) is 11.8 Å². The van der Waals surface area contributed by atoms with Crippen LogP contribution >= 0.6 is 0 Å². The molecule has 0 bridgehead atoms. The number of hydrogen-bond acceptors (Lipinski definition) is 4. The molecular weight excluding hydrogens is 196 g/mol. The number of rotatable bonds is 1. The van der Waals surface area contributed by atoms with Gasteiger partial charge in [0.2, 0.25) is 0 Å². The van der Waals surface area contributed by atoms with E-state index in [1.807, 2.05) is 5.01 Å². The zero-order valence-electron chi connectivity index (χ0n) is 8.69. The monoisotopic (exact) mass is 212 g/mol. The van der Waals surface area contributed by atoms with Gasteiger partial charge in [0, 0.05) is 12.2 Å². The van der Waals surface area contributed by atoms with Gasteiger partial charge in [-0.05, 0) is 37.3 Å². The van der Waals surface area contributed by atoms with Gasteiger partial charge in [0.1, 0.15) is 0 Å². The summed E-state index contributed by atoms with van der Waals surface area (Å²) in [4.78, 5) is 15.3. The normalized spacial score (nSPS) is 22.7.